The van der Waals surface area contributed by atoms with Crippen LogP contribution in [-0.4, -0.2) is 33.6 Å². The maximum Gasteiger partial charge on any atom is 0.270 e. The number of aryl methyl sites for hydroxylation is 1. The predicted molar refractivity (Wildman–Crippen MR) is 50.8 cm³/mol. The Hall–Kier alpha value is -1.49. The van der Waals surface area contributed by atoms with Crippen LogP contribution in [-0.2, 0) is 0 Å². The minimum absolute atomic E-state index is 0.0875. The van der Waals surface area contributed by atoms with Crippen LogP contribution in [0.2, 0.25) is 0 Å². The maximum absolute atomic E-state index is 11.5. The van der Waals surface area contributed by atoms with Crippen LogP contribution in [0, 0.1) is 6.92 Å². The average Bonchev–Trinajstić information content (AvgIpc) is 2.17. The molecule has 14 heavy (non-hydrogen) atoms. The Morgan fingerprint density at radius 1 is 1.71 bits per heavy atom. The van der Waals surface area contributed by atoms with E-state index in [1.807, 2.05) is 0 Å². The van der Waals surface area contributed by atoms with E-state index in [-0.39, 0.29) is 18.6 Å². The molecule has 1 aromatic heterocycles. The van der Waals surface area contributed by atoms with Gasteiger partial charge in [0.1, 0.15) is 11.5 Å². The van der Waals surface area contributed by atoms with Gasteiger partial charge in [0, 0.05) is 12.2 Å². The molecule has 5 nitrogen and oxygen atoms in total. The molecule has 0 aliphatic rings. The molecule has 0 aliphatic heterocycles. The molecule has 5 heteroatoms. The van der Waals surface area contributed by atoms with Crippen molar-refractivity contribution in [2.75, 3.05) is 6.61 Å². The number of nitrogens with zero attached hydrogens (tertiary/aromatic N) is 2. The van der Waals surface area contributed by atoms with Gasteiger partial charge in [-0.1, -0.05) is 0 Å². The summed E-state index contributed by atoms with van der Waals surface area (Å²) in [6.45, 7) is 3.34. The Bertz CT molecular complexity index is 328. The van der Waals surface area contributed by atoms with E-state index < -0.39 is 0 Å². The number of hydrogen-bond donors (Lipinski definition) is 2. The molecule has 1 amide bonds. The molecule has 1 heterocycles. The second-order valence-corrected chi connectivity index (χ2v) is 3.05. The number of hydrogen-bond acceptors (Lipinski definition) is 4. The summed E-state index contributed by atoms with van der Waals surface area (Å²) in [5, 5.41) is 11.3. The van der Waals surface area contributed by atoms with Crippen molar-refractivity contribution in [3.8, 4) is 0 Å². The van der Waals surface area contributed by atoms with Crippen molar-refractivity contribution in [1.29, 1.82) is 0 Å². The van der Waals surface area contributed by atoms with Crippen LogP contribution in [0.3, 0.4) is 0 Å². The summed E-state index contributed by atoms with van der Waals surface area (Å²) in [6.07, 6.45) is 1.53. The Balaban J connectivity index is 2.70. The Morgan fingerprint density at radius 2 is 2.43 bits per heavy atom. The van der Waals surface area contributed by atoms with E-state index in [4.69, 9.17) is 5.11 Å². The first-order valence-corrected chi connectivity index (χ1v) is 4.35. The number of carbonyl (C=O) groups excluding carboxylic acids is 1. The normalized spacial score (nSPS) is 12.2. The molecule has 0 bridgehead atoms. The van der Waals surface area contributed by atoms with Crippen molar-refractivity contribution >= 4 is 5.91 Å². The molecule has 0 unspecified atom stereocenters. The van der Waals surface area contributed by atoms with Gasteiger partial charge >= 0.3 is 0 Å². The van der Waals surface area contributed by atoms with E-state index in [1.165, 1.54) is 12.3 Å². The number of nitrogens with one attached hydrogen (secondary N) is 1. The molecular weight excluding hydrogens is 182 g/mol. The summed E-state index contributed by atoms with van der Waals surface area (Å²) >= 11 is 0. The van der Waals surface area contributed by atoms with Gasteiger partial charge in [-0.25, -0.2) is 9.97 Å². The third-order valence-electron chi connectivity index (χ3n) is 1.66. The van der Waals surface area contributed by atoms with E-state index in [0.717, 1.165) is 0 Å². The van der Waals surface area contributed by atoms with E-state index in [2.05, 4.69) is 15.3 Å². The van der Waals surface area contributed by atoms with Gasteiger partial charge in [0.25, 0.3) is 5.91 Å². The zero-order chi connectivity index (χ0) is 10.6. The predicted octanol–water partition coefficient (Wildman–Crippen LogP) is -0.104. The monoisotopic (exact) mass is 195 g/mol. The average molecular weight is 195 g/mol. The van der Waals surface area contributed by atoms with Crippen molar-refractivity contribution in [3.63, 3.8) is 0 Å². The van der Waals surface area contributed by atoms with Gasteiger partial charge in [0.2, 0.25) is 0 Å². The van der Waals surface area contributed by atoms with Crippen molar-refractivity contribution < 1.29 is 9.90 Å². The quantitative estimate of drug-likeness (QED) is 0.706. The largest absolute Gasteiger partial charge is 0.394 e. The standard InChI is InChI=1S/C9H13N3O2/c1-6(5-13)11-9(14)8-3-4-10-7(2)12-8/h3-4,6,13H,5H2,1-2H3,(H,11,14)/t6-/m1/s1. The van der Waals surface area contributed by atoms with Crippen molar-refractivity contribution in [2.24, 2.45) is 0 Å². The maximum atomic E-state index is 11.5. The molecule has 0 aromatic carbocycles. The third kappa shape index (κ3) is 2.77. The fourth-order valence-electron chi connectivity index (χ4n) is 0.926. The summed E-state index contributed by atoms with van der Waals surface area (Å²) < 4.78 is 0. The summed E-state index contributed by atoms with van der Waals surface area (Å²) in [7, 11) is 0. The Morgan fingerprint density at radius 3 is 3.00 bits per heavy atom. The van der Waals surface area contributed by atoms with Crippen LogP contribution in [0.1, 0.15) is 23.2 Å². The lowest BCUT2D eigenvalue weighted by atomic mass is 10.3. The van der Waals surface area contributed by atoms with Gasteiger partial charge in [0.15, 0.2) is 0 Å². The van der Waals surface area contributed by atoms with Crippen LogP contribution in [0.15, 0.2) is 12.3 Å². The molecule has 0 fully saturated rings. The van der Waals surface area contributed by atoms with Crippen LogP contribution in [0.25, 0.3) is 0 Å². The lowest BCUT2D eigenvalue weighted by molar-refractivity contribution is 0.0917. The molecular formula is C9H13N3O2. The fraction of sp³-hybridized carbons (Fsp3) is 0.444. The lowest BCUT2D eigenvalue weighted by Crippen LogP contribution is -2.35. The fourth-order valence-corrected chi connectivity index (χ4v) is 0.926. The summed E-state index contributed by atoms with van der Waals surface area (Å²) in [5.74, 6) is 0.256. The molecule has 1 aromatic rings. The first-order chi connectivity index (χ1) is 6.63. The molecule has 1 rings (SSSR count). The highest BCUT2D eigenvalue weighted by atomic mass is 16.3. The van der Waals surface area contributed by atoms with Gasteiger partial charge in [-0.2, -0.15) is 0 Å². The lowest BCUT2D eigenvalue weighted by Gasteiger charge is -2.09. The number of aliphatic hydroxyl groups excluding tert-OH is 1. The van der Waals surface area contributed by atoms with Crippen LogP contribution in [0.4, 0.5) is 0 Å². The van der Waals surface area contributed by atoms with Crippen molar-refractivity contribution in [1.82, 2.24) is 15.3 Å². The minimum Gasteiger partial charge on any atom is -0.394 e. The number of carbonyl (C=O) groups is 1. The molecule has 0 aliphatic carbocycles. The highest BCUT2D eigenvalue weighted by Gasteiger charge is 2.09. The molecule has 0 saturated heterocycles. The Kier molecular flexibility index (Phi) is 3.53. The van der Waals surface area contributed by atoms with Crippen molar-refractivity contribution in [2.45, 2.75) is 19.9 Å². The van der Waals surface area contributed by atoms with Gasteiger partial charge in [-0.05, 0) is 19.9 Å². The summed E-state index contributed by atoms with van der Waals surface area (Å²) in [6, 6.07) is 1.27. The molecule has 0 saturated carbocycles. The topological polar surface area (TPSA) is 75.1 Å². The SMILES string of the molecule is Cc1nccc(C(=O)N[C@H](C)CO)n1. The molecule has 0 radical (unpaired) electrons. The Labute approximate surface area is 82.2 Å². The van der Waals surface area contributed by atoms with E-state index in [9.17, 15) is 4.79 Å². The van der Waals surface area contributed by atoms with Gasteiger partial charge in [-0.15, -0.1) is 0 Å². The van der Waals surface area contributed by atoms with Gasteiger partial charge < -0.3 is 10.4 Å². The van der Waals surface area contributed by atoms with Crippen LogP contribution in [0.5, 0.6) is 0 Å². The first kappa shape index (κ1) is 10.6. The third-order valence-corrected chi connectivity index (χ3v) is 1.66. The first-order valence-electron chi connectivity index (χ1n) is 4.35. The van der Waals surface area contributed by atoms with E-state index in [0.29, 0.717) is 11.5 Å². The second-order valence-electron chi connectivity index (χ2n) is 3.05. The summed E-state index contributed by atoms with van der Waals surface area (Å²) in [5.41, 5.74) is 0.317. The van der Waals surface area contributed by atoms with Crippen molar-refractivity contribution in [3.05, 3.63) is 23.8 Å². The highest BCUT2D eigenvalue weighted by molar-refractivity contribution is 5.92. The van der Waals surface area contributed by atoms with Crippen LogP contribution < -0.4 is 5.32 Å². The molecule has 76 valence electrons. The molecule has 2 N–H and O–H groups in total. The molecule has 0 spiro atoms. The smallest absolute Gasteiger partial charge is 0.270 e. The number of amides is 1. The molecule has 1 atom stereocenters. The summed E-state index contributed by atoms with van der Waals surface area (Å²) in [4.78, 5) is 19.3. The van der Waals surface area contributed by atoms with E-state index >= 15 is 0 Å². The van der Waals surface area contributed by atoms with Gasteiger partial charge in [-0.3, -0.25) is 4.79 Å². The minimum atomic E-state index is -0.294. The number of rotatable bonds is 3. The second kappa shape index (κ2) is 4.66. The number of aromatic nitrogens is 2. The number of aliphatic hydroxyl groups is 1. The zero-order valence-electron chi connectivity index (χ0n) is 8.19. The van der Waals surface area contributed by atoms with Crippen LogP contribution >= 0.6 is 0 Å². The zero-order valence-corrected chi connectivity index (χ0v) is 8.19. The van der Waals surface area contributed by atoms with Gasteiger partial charge in [0.05, 0.1) is 6.61 Å². The van der Waals surface area contributed by atoms with E-state index in [1.54, 1.807) is 13.8 Å². The highest BCUT2D eigenvalue weighted by Crippen LogP contribution is 1.95.